The summed E-state index contributed by atoms with van der Waals surface area (Å²) in [5.41, 5.74) is 0. The van der Waals surface area contributed by atoms with Gasteiger partial charge >= 0.3 is 0 Å². The molecule has 0 aromatic carbocycles. The summed E-state index contributed by atoms with van der Waals surface area (Å²) in [6.45, 7) is 12.3. The minimum Gasteiger partial charge on any atom is -0.314 e. The van der Waals surface area contributed by atoms with Crippen LogP contribution in [-0.4, -0.2) is 37.1 Å². The Bertz CT molecular complexity index is 277. The van der Waals surface area contributed by atoms with E-state index in [1.807, 2.05) is 0 Å². The van der Waals surface area contributed by atoms with Gasteiger partial charge < -0.3 is 10.2 Å². The predicted molar refractivity (Wildman–Crippen MR) is 92.7 cm³/mol. The molecule has 1 N–H and O–H groups in total. The van der Waals surface area contributed by atoms with E-state index >= 15 is 0 Å². The molecule has 0 aromatic heterocycles. The molecular formula is C19H38N2. The van der Waals surface area contributed by atoms with Crippen molar-refractivity contribution in [1.29, 1.82) is 0 Å². The molecule has 1 aliphatic carbocycles. The van der Waals surface area contributed by atoms with Crippen LogP contribution < -0.4 is 5.32 Å². The molecule has 1 aliphatic heterocycles. The topological polar surface area (TPSA) is 15.3 Å². The maximum Gasteiger partial charge on any atom is 0.00958 e. The molecule has 0 radical (unpaired) electrons. The molecule has 1 saturated carbocycles. The largest absolute Gasteiger partial charge is 0.314 e. The van der Waals surface area contributed by atoms with Crippen LogP contribution in [0.2, 0.25) is 0 Å². The third-order valence-corrected chi connectivity index (χ3v) is 5.94. The summed E-state index contributed by atoms with van der Waals surface area (Å²) >= 11 is 0. The Morgan fingerprint density at radius 1 is 1.05 bits per heavy atom. The van der Waals surface area contributed by atoms with Crippen LogP contribution in [0.15, 0.2) is 0 Å². The Kier molecular flexibility index (Phi) is 7.53. The van der Waals surface area contributed by atoms with Crippen LogP contribution >= 0.6 is 0 Å². The van der Waals surface area contributed by atoms with Crippen molar-refractivity contribution in [1.82, 2.24) is 10.2 Å². The summed E-state index contributed by atoms with van der Waals surface area (Å²) in [5, 5.41) is 3.78. The lowest BCUT2D eigenvalue weighted by atomic mass is 9.89. The van der Waals surface area contributed by atoms with Gasteiger partial charge in [0.15, 0.2) is 0 Å². The smallest absolute Gasteiger partial charge is 0.00958 e. The normalized spacial score (nSPS) is 31.7. The Morgan fingerprint density at radius 2 is 1.90 bits per heavy atom. The van der Waals surface area contributed by atoms with Gasteiger partial charge in [-0.2, -0.15) is 0 Å². The molecule has 2 fully saturated rings. The highest BCUT2D eigenvalue weighted by Crippen LogP contribution is 2.30. The van der Waals surface area contributed by atoms with Crippen LogP contribution in [-0.2, 0) is 0 Å². The van der Waals surface area contributed by atoms with Gasteiger partial charge in [-0.15, -0.1) is 0 Å². The lowest BCUT2D eigenvalue weighted by Gasteiger charge is -2.26. The molecule has 0 amide bonds. The number of hydrogen-bond acceptors (Lipinski definition) is 2. The molecule has 0 bridgehead atoms. The van der Waals surface area contributed by atoms with E-state index < -0.39 is 0 Å². The maximum absolute atomic E-state index is 3.78. The highest BCUT2D eigenvalue weighted by molar-refractivity contribution is 4.84. The van der Waals surface area contributed by atoms with Crippen LogP contribution in [0.5, 0.6) is 0 Å². The van der Waals surface area contributed by atoms with Gasteiger partial charge in [0.2, 0.25) is 0 Å². The third kappa shape index (κ3) is 5.56. The summed E-state index contributed by atoms with van der Waals surface area (Å²) in [6, 6.07) is 0.820. The predicted octanol–water partition coefficient (Wildman–Crippen LogP) is 4.30. The molecule has 2 aliphatic rings. The van der Waals surface area contributed by atoms with E-state index in [0.29, 0.717) is 0 Å². The Balaban J connectivity index is 1.70. The van der Waals surface area contributed by atoms with Crippen LogP contribution in [0.3, 0.4) is 0 Å². The fourth-order valence-electron chi connectivity index (χ4n) is 4.40. The molecule has 0 spiro atoms. The molecule has 1 saturated heterocycles. The van der Waals surface area contributed by atoms with Gasteiger partial charge in [0.05, 0.1) is 0 Å². The van der Waals surface area contributed by atoms with E-state index in [1.165, 1.54) is 77.5 Å². The summed E-state index contributed by atoms with van der Waals surface area (Å²) in [5.74, 6) is 2.79. The average Bonchev–Trinajstić information content (AvgIpc) is 2.77. The molecule has 3 atom stereocenters. The number of hydrogen-bond donors (Lipinski definition) is 1. The first-order valence-electron chi connectivity index (χ1n) is 9.66. The molecule has 2 rings (SSSR count). The van der Waals surface area contributed by atoms with Crippen molar-refractivity contribution >= 4 is 0 Å². The number of nitrogens with one attached hydrogen (secondary N) is 1. The Morgan fingerprint density at radius 3 is 2.67 bits per heavy atom. The zero-order valence-corrected chi connectivity index (χ0v) is 14.7. The SMILES string of the molecule is CCCNC1CCCC1CCN1CCCC(C(C)C)CC1. The Labute approximate surface area is 133 Å². The molecule has 2 nitrogen and oxygen atoms in total. The standard InChI is InChI=1S/C19H38N2/c1-4-12-20-19-9-5-7-18(19)11-15-21-13-6-8-17(10-14-21)16(2)3/h16-20H,4-15H2,1-3H3. The first kappa shape index (κ1) is 17.3. The lowest BCUT2D eigenvalue weighted by molar-refractivity contribution is 0.241. The summed E-state index contributed by atoms with van der Waals surface area (Å²) in [6.07, 6.45) is 11.3. The second kappa shape index (κ2) is 9.15. The summed E-state index contributed by atoms with van der Waals surface area (Å²) in [4.78, 5) is 2.76. The van der Waals surface area contributed by atoms with Crippen molar-refractivity contribution in [2.45, 2.75) is 78.2 Å². The van der Waals surface area contributed by atoms with Crippen LogP contribution in [0.4, 0.5) is 0 Å². The highest BCUT2D eigenvalue weighted by atomic mass is 15.1. The second-order valence-corrected chi connectivity index (χ2v) is 7.82. The molecular weight excluding hydrogens is 256 g/mol. The quantitative estimate of drug-likeness (QED) is 0.753. The van der Waals surface area contributed by atoms with Crippen molar-refractivity contribution in [3.63, 3.8) is 0 Å². The fraction of sp³-hybridized carbons (Fsp3) is 1.00. The van der Waals surface area contributed by atoms with Gasteiger partial charge in [-0.1, -0.05) is 27.2 Å². The van der Waals surface area contributed by atoms with Crippen LogP contribution in [0, 0.1) is 17.8 Å². The van der Waals surface area contributed by atoms with E-state index in [4.69, 9.17) is 0 Å². The van der Waals surface area contributed by atoms with Crippen molar-refractivity contribution in [3.05, 3.63) is 0 Å². The Hall–Kier alpha value is -0.0800. The van der Waals surface area contributed by atoms with E-state index in [9.17, 15) is 0 Å². The molecule has 2 heteroatoms. The van der Waals surface area contributed by atoms with Crippen molar-refractivity contribution in [2.75, 3.05) is 26.2 Å². The average molecular weight is 295 g/mol. The monoisotopic (exact) mass is 294 g/mol. The van der Waals surface area contributed by atoms with Crippen molar-refractivity contribution in [2.24, 2.45) is 17.8 Å². The molecule has 3 unspecified atom stereocenters. The number of likely N-dealkylation sites (tertiary alicyclic amines) is 1. The minimum absolute atomic E-state index is 0.820. The molecule has 124 valence electrons. The van der Waals surface area contributed by atoms with Crippen LogP contribution in [0.1, 0.15) is 72.1 Å². The maximum atomic E-state index is 3.78. The highest BCUT2D eigenvalue weighted by Gasteiger charge is 2.27. The second-order valence-electron chi connectivity index (χ2n) is 7.82. The van der Waals surface area contributed by atoms with Crippen LogP contribution in [0.25, 0.3) is 0 Å². The number of rotatable bonds is 7. The van der Waals surface area contributed by atoms with E-state index in [2.05, 4.69) is 31.0 Å². The first-order valence-corrected chi connectivity index (χ1v) is 9.66. The van der Waals surface area contributed by atoms with E-state index in [1.54, 1.807) is 0 Å². The van der Waals surface area contributed by atoms with Gasteiger partial charge in [-0.3, -0.25) is 0 Å². The minimum atomic E-state index is 0.820. The lowest BCUT2D eigenvalue weighted by Crippen LogP contribution is -2.35. The molecule has 21 heavy (non-hydrogen) atoms. The first-order chi connectivity index (χ1) is 10.2. The van der Waals surface area contributed by atoms with Gasteiger partial charge in [0, 0.05) is 6.04 Å². The fourth-order valence-corrected chi connectivity index (χ4v) is 4.40. The zero-order valence-electron chi connectivity index (χ0n) is 14.7. The zero-order chi connectivity index (χ0) is 15.1. The summed E-state index contributed by atoms with van der Waals surface area (Å²) < 4.78 is 0. The van der Waals surface area contributed by atoms with Gasteiger partial charge in [0.25, 0.3) is 0 Å². The molecule has 0 aromatic rings. The van der Waals surface area contributed by atoms with Gasteiger partial charge in [0.1, 0.15) is 0 Å². The van der Waals surface area contributed by atoms with Crippen molar-refractivity contribution in [3.8, 4) is 0 Å². The van der Waals surface area contributed by atoms with E-state index in [-0.39, 0.29) is 0 Å². The van der Waals surface area contributed by atoms with Gasteiger partial charge in [-0.25, -0.2) is 0 Å². The third-order valence-electron chi connectivity index (χ3n) is 5.94. The number of nitrogens with zero attached hydrogens (tertiary/aromatic N) is 1. The molecule has 1 heterocycles. The van der Waals surface area contributed by atoms with E-state index in [0.717, 1.165) is 23.8 Å². The van der Waals surface area contributed by atoms with Crippen molar-refractivity contribution < 1.29 is 0 Å². The van der Waals surface area contributed by atoms with Gasteiger partial charge in [-0.05, 0) is 88.9 Å². The summed E-state index contributed by atoms with van der Waals surface area (Å²) in [7, 11) is 0.